The molecule has 1 aromatic carbocycles. The molecule has 0 aliphatic carbocycles. The molecule has 0 saturated carbocycles. The molecule has 3 aromatic rings. The number of nitrogens with zero attached hydrogens (tertiary/aromatic N) is 3. The maximum absolute atomic E-state index is 12.9. The Morgan fingerprint density at radius 3 is 2.38 bits per heavy atom. The van der Waals surface area contributed by atoms with E-state index in [1.54, 1.807) is 43.5 Å². The van der Waals surface area contributed by atoms with E-state index in [1.165, 1.54) is 17.5 Å². The van der Waals surface area contributed by atoms with Crippen LogP contribution in [0.15, 0.2) is 42.0 Å². The summed E-state index contributed by atoms with van der Waals surface area (Å²) in [5, 5.41) is 5.01. The number of aromatic nitrogens is 3. The quantitative estimate of drug-likeness (QED) is 0.430. The number of hydrogen-bond donors (Lipinski definition) is 2. The zero-order chi connectivity index (χ0) is 25.1. The minimum absolute atomic E-state index is 0.0744. The average molecular weight is 512 g/mol. The number of nitrogens with one attached hydrogen (secondary N) is 2. The first-order chi connectivity index (χ1) is 15.9. The molecule has 1 atom stereocenters. The van der Waals surface area contributed by atoms with Crippen molar-refractivity contribution in [3.63, 3.8) is 0 Å². The number of thiazole rings is 1. The van der Waals surface area contributed by atoms with Crippen molar-refractivity contribution in [2.45, 2.75) is 39.3 Å². The minimum Gasteiger partial charge on any atom is -0.325 e. The fourth-order valence-electron chi connectivity index (χ4n) is 2.82. The number of alkyl halides is 3. The number of carbonyl (C=O) groups is 1. The van der Waals surface area contributed by atoms with E-state index in [4.69, 9.17) is 0 Å². The third kappa shape index (κ3) is 6.38. The van der Waals surface area contributed by atoms with E-state index in [1.807, 2.05) is 13.8 Å². The van der Waals surface area contributed by atoms with Crippen LogP contribution in [0.5, 0.6) is 0 Å². The van der Waals surface area contributed by atoms with Crippen molar-refractivity contribution < 1.29 is 22.2 Å². The normalized spacial score (nSPS) is 13.1. The predicted octanol–water partition coefficient (Wildman–Crippen LogP) is 5.27. The van der Waals surface area contributed by atoms with Gasteiger partial charge in [-0.05, 0) is 31.9 Å². The van der Waals surface area contributed by atoms with Crippen LogP contribution in [0.4, 0.5) is 24.0 Å². The van der Waals surface area contributed by atoms with Gasteiger partial charge in [-0.15, -0.1) is 11.3 Å². The number of carbonyl (C=O) groups excluding carboxylic acids is 1. The Bertz CT molecular complexity index is 1180. The van der Waals surface area contributed by atoms with Crippen molar-refractivity contribution in [3.8, 4) is 11.3 Å². The van der Waals surface area contributed by atoms with Crippen molar-refractivity contribution in [2.75, 3.05) is 15.8 Å². The highest BCUT2D eigenvalue weighted by Crippen LogP contribution is 2.31. The summed E-state index contributed by atoms with van der Waals surface area (Å²) in [7, 11) is -1.26. The van der Waals surface area contributed by atoms with Gasteiger partial charge in [0.25, 0.3) is 0 Å². The first-order valence-corrected chi connectivity index (χ1v) is 12.5. The second-order valence-electron chi connectivity index (χ2n) is 8.49. The molecule has 0 fully saturated rings. The number of anilines is 2. The molecule has 1 unspecified atom stereocenters. The Morgan fingerprint density at radius 2 is 1.76 bits per heavy atom. The molecule has 2 heterocycles. The number of hydrogen-bond acceptors (Lipinski definition) is 6. The molecule has 34 heavy (non-hydrogen) atoms. The smallest absolute Gasteiger partial charge is 0.325 e. The van der Waals surface area contributed by atoms with Crippen molar-refractivity contribution in [3.05, 3.63) is 53.4 Å². The standard InChI is InChI=1S/C22H24F3N5O2S2/c1-13(2)12-34(32)30-20-29-18(11-33-20)21(3,4)19(31)27-15-7-5-14(6-8-15)16-9-26-10-17(28-16)22(23,24)25/h5-11,13H,12H2,1-4H3,(H,27,31)(H,29,30). The Morgan fingerprint density at radius 1 is 1.09 bits per heavy atom. The van der Waals surface area contributed by atoms with Gasteiger partial charge in [0.1, 0.15) is 11.0 Å². The summed E-state index contributed by atoms with van der Waals surface area (Å²) < 4.78 is 53.6. The Labute approximate surface area is 201 Å². The molecule has 0 aliphatic heterocycles. The zero-order valence-corrected chi connectivity index (χ0v) is 20.6. The molecule has 0 aliphatic rings. The lowest BCUT2D eigenvalue weighted by Gasteiger charge is -2.21. The third-order valence-corrected chi connectivity index (χ3v) is 7.04. The molecule has 0 bridgehead atoms. The second-order valence-corrected chi connectivity index (χ2v) is 10.6. The predicted molar refractivity (Wildman–Crippen MR) is 128 cm³/mol. The van der Waals surface area contributed by atoms with Crippen LogP contribution in [0, 0.1) is 5.92 Å². The van der Waals surface area contributed by atoms with Gasteiger partial charge in [-0.1, -0.05) is 26.0 Å². The van der Waals surface area contributed by atoms with Crippen LogP contribution < -0.4 is 10.0 Å². The summed E-state index contributed by atoms with van der Waals surface area (Å²) in [6, 6.07) is 6.27. The van der Waals surface area contributed by atoms with E-state index >= 15 is 0 Å². The van der Waals surface area contributed by atoms with E-state index < -0.39 is 28.3 Å². The molecule has 12 heteroatoms. The molecular formula is C22H24F3N5O2S2. The SMILES string of the molecule is CC(C)CS(=O)Nc1nc(C(C)(C)C(=O)Nc2ccc(-c3cncc(C(F)(F)F)n3)cc2)cs1. The highest BCUT2D eigenvalue weighted by Gasteiger charge is 2.34. The van der Waals surface area contributed by atoms with Crippen LogP contribution in [0.1, 0.15) is 39.1 Å². The summed E-state index contributed by atoms with van der Waals surface area (Å²) in [6.07, 6.45) is -2.67. The highest BCUT2D eigenvalue weighted by atomic mass is 32.2. The summed E-state index contributed by atoms with van der Waals surface area (Å²) in [5.41, 5.74) is -0.565. The number of rotatable bonds is 8. The fraction of sp³-hybridized carbons (Fsp3) is 0.364. The van der Waals surface area contributed by atoms with Crippen molar-refractivity contribution >= 4 is 39.0 Å². The van der Waals surface area contributed by atoms with Crippen molar-refractivity contribution in [1.82, 2.24) is 15.0 Å². The zero-order valence-electron chi connectivity index (χ0n) is 18.9. The highest BCUT2D eigenvalue weighted by molar-refractivity contribution is 7.86. The average Bonchev–Trinajstić information content (AvgIpc) is 3.22. The van der Waals surface area contributed by atoms with Gasteiger partial charge in [-0.25, -0.2) is 14.2 Å². The van der Waals surface area contributed by atoms with Gasteiger partial charge < -0.3 is 5.32 Å². The van der Waals surface area contributed by atoms with Gasteiger partial charge in [0, 0.05) is 22.4 Å². The van der Waals surface area contributed by atoms with Gasteiger partial charge in [0.2, 0.25) is 5.91 Å². The largest absolute Gasteiger partial charge is 0.434 e. The monoisotopic (exact) mass is 511 g/mol. The van der Waals surface area contributed by atoms with E-state index in [9.17, 15) is 22.2 Å². The van der Waals surface area contributed by atoms with Crippen molar-refractivity contribution in [2.24, 2.45) is 5.92 Å². The summed E-state index contributed by atoms with van der Waals surface area (Å²) in [4.78, 5) is 24.6. The van der Waals surface area contributed by atoms with Crippen LogP contribution in [-0.2, 0) is 27.4 Å². The second kappa shape index (κ2) is 10.2. The molecule has 2 aromatic heterocycles. The number of amides is 1. The van der Waals surface area contributed by atoms with E-state index in [0.29, 0.717) is 34.0 Å². The van der Waals surface area contributed by atoms with Crippen LogP contribution in [0.25, 0.3) is 11.3 Å². The maximum Gasteiger partial charge on any atom is 0.434 e. The molecular weight excluding hydrogens is 487 g/mol. The van der Waals surface area contributed by atoms with Gasteiger partial charge in [-0.3, -0.25) is 14.5 Å². The Kier molecular flexibility index (Phi) is 7.71. The molecule has 2 N–H and O–H groups in total. The Balaban J connectivity index is 1.69. The van der Waals surface area contributed by atoms with Crippen LogP contribution >= 0.6 is 11.3 Å². The molecule has 3 rings (SSSR count). The molecule has 1 amide bonds. The first kappa shape index (κ1) is 25.8. The summed E-state index contributed by atoms with van der Waals surface area (Å²) in [5.74, 6) is 0.433. The van der Waals surface area contributed by atoms with Crippen LogP contribution in [-0.4, -0.2) is 30.8 Å². The summed E-state index contributed by atoms with van der Waals surface area (Å²) in [6.45, 7) is 7.39. The first-order valence-electron chi connectivity index (χ1n) is 10.3. The molecule has 7 nitrogen and oxygen atoms in total. The van der Waals surface area contributed by atoms with Gasteiger partial charge in [0.15, 0.2) is 10.8 Å². The lowest BCUT2D eigenvalue weighted by Crippen LogP contribution is -2.35. The number of benzene rings is 1. The van der Waals surface area contributed by atoms with Crippen LogP contribution in [0.3, 0.4) is 0 Å². The fourth-order valence-corrected chi connectivity index (χ4v) is 4.94. The van der Waals surface area contributed by atoms with Crippen molar-refractivity contribution in [1.29, 1.82) is 0 Å². The number of halogens is 3. The Hall–Kier alpha value is -2.86. The van der Waals surface area contributed by atoms with E-state index in [2.05, 4.69) is 25.0 Å². The minimum atomic E-state index is -4.59. The molecule has 0 saturated heterocycles. The lowest BCUT2D eigenvalue weighted by atomic mass is 9.89. The third-order valence-electron chi connectivity index (χ3n) is 4.76. The summed E-state index contributed by atoms with van der Waals surface area (Å²) >= 11 is 1.27. The lowest BCUT2D eigenvalue weighted by molar-refractivity contribution is -0.141. The molecule has 0 spiro atoms. The topological polar surface area (TPSA) is 96.9 Å². The van der Waals surface area contributed by atoms with Gasteiger partial charge in [-0.2, -0.15) is 13.2 Å². The van der Waals surface area contributed by atoms with Gasteiger partial charge >= 0.3 is 6.18 Å². The maximum atomic E-state index is 12.9. The molecule has 182 valence electrons. The van der Waals surface area contributed by atoms with Crippen LogP contribution in [0.2, 0.25) is 0 Å². The van der Waals surface area contributed by atoms with E-state index in [0.717, 1.165) is 0 Å². The van der Waals surface area contributed by atoms with E-state index in [-0.39, 0.29) is 17.5 Å². The van der Waals surface area contributed by atoms with Gasteiger partial charge in [0.05, 0.1) is 29.2 Å². The molecule has 0 radical (unpaired) electrons.